The van der Waals surface area contributed by atoms with Crippen molar-refractivity contribution >= 4 is 0 Å². The maximum absolute atomic E-state index is 10.1. The van der Waals surface area contributed by atoms with Gasteiger partial charge in [-0.05, 0) is 31.9 Å². The number of pyridine rings is 1. The summed E-state index contributed by atoms with van der Waals surface area (Å²) in [6.45, 7) is 1.92. The maximum atomic E-state index is 10.1. The molecule has 0 bridgehead atoms. The van der Waals surface area contributed by atoms with Gasteiger partial charge in [-0.1, -0.05) is 6.07 Å². The lowest BCUT2D eigenvalue weighted by Crippen LogP contribution is -2.05. The number of rotatable bonds is 4. The van der Waals surface area contributed by atoms with Gasteiger partial charge < -0.3 is 5.11 Å². The SMILES string of the molecule is Cc1ncccc1C(O)CCc1ccnn1C. The minimum Gasteiger partial charge on any atom is -0.388 e. The number of aryl methyl sites for hydroxylation is 3. The molecular formula is C13H17N3O. The van der Waals surface area contributed by atoms with E-state index >= 15 is 0 Å². The van der Waals surface area contributed by atoms with Gasteiger partial charge in [-0.15, -0.1) is 0 Å². The van der Waals surface area contributed by atoms with Crippen molar-refractivity contribution in [2.45, 2.75) is 25.9 Å². The van der Waals surface area contributed by atoms with Gasteiger partial charge in [-0.3, -0.25) is 9.67 Å². The van der Waals surface area contributed by atoms with Crippen molar-refractivity contribution in [3.63, 3.8) is 0 Å². The van der Waals surface area contributed by atoms with E-state index in [1.807, 2.05) is 36.9 Å². The minimum atomic E-state index is -0.460. The van der Waals surface area contributed by atoms with Crippen molar-refractivity contribution in [2.75, 3.05) is 0 Å². The Morgan fingerprint density at radius 1 is 1.35 bits per heavy atom. The van der Waals surface area contributed by atoms with Crippen molar-refractivity contribution in [1.29, 1.82) is 0 Å². The molecule has 2 aromatic rings. The molecule has 0 saturated heterocycles. The summed E-state index contributed by atoms with van der Waals surface area (Å²) in [5, 5.41) is 14.2. The first-order valence-electron chi connectivity index (χ1n) is 5.75. The molecule has 1 unspecified atom stereocenters. The van der Waals surface area contributed by atoms with Gasteiger partial charge in [0.25, 0.3) is 0 Å². The van der Waals surface area contributed by atoms with Gasteiger partial charge in [0.15, 0.2) is 0 Å². The molecule has 0 aliphatic heterocycles. The Morgan fingerprint density at radius 3 is 2.82 bits per heavy atom. The molecule has 2 heterocycles. The van der Waals surface area contributed by atoms with E-state index in [-0.39, 0.29) is 0 Å². The molecule has 17 heavy (non-hydrogen) atoms. The van der Waals surface area contributed by atoms with Gasteiger partial charge in [0.1, 0.15) is 0 Å². The Labute approximate surface area is 101 Å². The second kappa shape index (κ2) is 5.10. The van der Waals surface area contributed by atoms with Crippen LogP contribution in [-0.4, -0.2) is 19.9 Å². The fourth-order valence-corrected chi connectivity index (χ4v) is 1.94. The lowest BCUT2D eigenvalue weighted by atomic mass is 10.0. The summed E-state index contributed by atoms with van der Waals surface area (Å²) in [5.41, 5.74) is 2.94. The monoisotopic (exact) mass is 231 g/mol. The van der Waals surface area contributed by atoms with Crippen molar-refractivity contribution in [1.82, 2.24) is 14.8 Å². The highest BCUT2D eigenvalue weighted by Gasteiger charge is 2.11. The molecule has 1 N–H and O–H groups in total. The van der Waals surface area contributed by atoms with Gasteiger partial charge in [0.2, 0.25) is 0 Å². The van der Waals surface area contributed by atoms with Crippen LogP contribution in [0.5, 0.6) is 0 Å². The Hall–Kier alpha value is -1.68. The highest BCUT2D eigenvalue weighted by Crippen LogP contribution is 2.20. The zero-order valence-corrected chi connectivity index (χ0v) is 10.2. The Bertz CT molecular complexity index is 493. The summed E-state index contributed by atoms with van der Waals surface area (Å²) in [5.74, 6) is 0. The van der Waals surface area contributed by atoms with Crippen LogP contribution in [-0.2, 0) is 13.5 Å². The molecule has 0 aliphatic rings. The lowest BCUT2D eigenvalue weighted by Gasteiger charge is -2.12. The molecule has 0 radical (unpaired) electrons. The maximum Gasteiger partial charge on any atom is 0.0811 e. The van der Waals surface area contributed by atoms with Gasteiger partial charge in [-0.25, -0.2) is 0 Å². The molecule has 2 aromatic heterocycles. The van der Waals surface area contributed by atoms with Crippen molar-refractivity contribution in [3.05, 3.63) is 47.5 Å². The first-order chi connectivity index (χ1) is 8.18. The zero-order valence-electron chi connectivity index (χ0n) is 10.2. The third-order valence-corrected chi connectivity index (χ3v) is 3.00. The summed E-state index contributed by atoms with van der Waals surface area (Å²) < 4.78 is 1.84. The Balaban J connectivity index is 2.01. The van der Waals surface area contributed by atoms with Crippen LogP contribution >= 0.6 is 0 Å². The van der Waals surface area contributed by atoms with E-state index in [2.05, 4.69) is 10.1 Å². The lowest BCUT2D eigenvalue weighted by molar-refractivity contribution is 0.166. The van der Waals surface area contributed by atoms with E-state index in [0.717, 1.165) is 23.4 Å². The minimum absolute atomic E-state index is 0.460. The molecule has 2 rings (SSSR count). The van der Waals surface area contributed by atoms with Crippen LogP contribution in [0.15, 0.2) is 30.6 Å². The second-order valence-corrected chi connectivity index (χ2v) is 4.18. The fourth-order valence-electron chi connectivity index (χ4n) is 1.94. The third kappa shape index (κ3) is 2.71. The second-order valence-electron chi connectivity index (χ2n) is 4.18. The van der Waals surface area contributed by atoms with E-state index in [0.29, 0.717) is 6.42 Å². The van der Waals surface area contributed by atoms with Crippen LogP contribution in [0.25, 0.3) is 0 Å². The molecular weight excluding hydrogens is 214 g/mol. The Morgan fingerprint density at radius 2 is 2.18 bits per heavy atom. The number of aliphatic hydroxyl groups excluding tert-OH is 1. The van der Waals surface area contributed by atoms with Crippen LogP contribution < -0.4 is 0 Å². The smallest absolute Gasteiger partial charge is 0.0811 e. The van der Waals surface area contributed by atoms with Crippen LogP contribution in [0.2, 0.25) is 0 Å². The molecule has 4 nitrogen and oxygen atoms in total. The largest absolute Gasteiger partial charge is 0.388 e. The molecule has 4 heteroatoms. The number of hydrogen-bond donors (Lipinski definition) is 1. The van der Waals surface area contributed by atoms with E-state index in [1.54, 1.807) is 12.4 Å². The number of hydrogen-bond acceptors (Lipinski definition) is 3. The molecule has 0 spiro atoms. The summed E-state index contributed by atoms with van der Waals surface area (Å²) in [7, 11) is 1.91. The highest BCUT2D eigenvalue weighted by molar-refractivity contribution is 5.21. The fraction of sp³-hybridized carbons (Fsp3) is 0.385. The van der Waals surface area contributed by atoms with Crippen LogP contribution in [0.3, 0.4) is 0 Å². The first-order valence-corrected chi connectivity index (χ1v) is 5.75. The van der Waals surface area contributed by atoms with Crippen LogP contribution in [0.4, 0.5) is 0 Å². The predicted octanol–water partition coefficient (Wildman–Crippen LogP) is 1.79. The van der Waals surface area contributed by atoms with Crippen LogP contribution in [0.1, 0.15) is 29.5 Å². The first kappa shape index (κ1) is 11.8. The quantitative estimate of drug-likeness (QED) is 0.872. The van der Waals surface area contributed by atoms with E-state index < -0.39 is 6.10 Å². The molecule has 1 atom stereocenters. The van der Waals surface area contributed by atoms with Gasteiger partial charge in [0.05, 0.1) is 6.10 Å². The molecule has 90 valence electrons. The van der Waals surface area contributed by atoms with Crippen molar-refractivity contribution in [2.24, 2.45) is 7.05 Å². The average molecular weight is 231 g/mol. The number of aliphatic hydroxyl groups is 1. The molecule has 0 fully saturated rings. The summed E-state index contributed by atoms with van der Waals surface area (Å²) in [6, 6.07) is 5.76. The van der Waals surface area contributed by atoms with E-state index in [4.69, 9.17) is 0 Å². The molecule has 0 aliphatic carbocycles. The number of nitrogens with zero attached hydrogens (tertiary/aromatic N) is 3. The van der Waals surface area contributed by atoms with Crippen molar-refractivity contribution < 1.29 is 5.11 Å². The predicted molar refractivity (Wildman–Crippen MR) is 65.5 cm³/mol. The van der Waals surface area contributed by atoms with Crippen molar-refractivity contribution in [3.8, 4) is 0 Å². The van der Waals surface area contributed by atoms with Gasteiger partial charge in [-0.2, -0.15) is 5.10 Å². The highest BCUT2D eigenvalue weighted by atomic mass is 16.3. The van der Waals surface area contributed by atoms with E-state index in [1.165, 1.54) is 0 Å². The number of aromatic nitrogens is 3. The summed E-state index contributed by atoms with van der Waals surface area (Å²) in [6.07, 6.45) is 4.56. The zero-order chi connectivity index (χ0) is 12.3. The molecule has 0 saturated carbocycles. The average Bonchev–Trinajstić information content (AvgIpc) is 2.72. The van der Waals surface area contributed by atoms with Crippen LogP contribution in [0, 0.1) is 6.92 Å². The Kier molecular flexibility index (Phi) is 3.54. The summed E-state index contributed by atoms with van der Waals surface area (Å²) >= 11 is 0. The summed E-state index contributed by atoms with van der Waals surface area (Å²) in [4.78, 5) is 4.19. The standard InChI is InChI=1S/C13H17N3O/c1-10-12(4-3-8-14-10)13(17)6-5-11-7-9-15-16(11)2/h3-4,7-9,13,17H,5-6H2,1-2H3. The van der Waals surface area contributed by atoms with Gasteiger partial charge in [0, 0.05) is 36.4 Å². The third-order valence-electron chi connectivity index (χ3n) is 3.00. The van der Waals surface area contributed by atoms with Gasteiger partial charge >= 0.3 is 0 Å². The topological polar surface area (TPSA) is 50.9 Å². The normalized spacial score (nSPS) is 12.6. The van der Waals surface area contributed by atoms with E-state index in [9.17, 15) is 5.11 Å². The molecule has 0 aromatic carbocycles. The molecule has 0 amide bonds.